The van der Waals surface area contributed by atoms with Gasteiger partial charge in [-0.1, -0.05) is 24.2 Å². The standard InChI is InChI=1S/C17H20FN3O3/c1-10(13-4-6-14(18)7-5-13)8-16(22)19-12(3)17(23)20-15-9-11(2)24-21-15/h4-7,9-10,12H,8H2,1-3H3,(H,19,22)(H,20,21,23)/t10?,12-/m1/s1. The van der Waals surface area contributed by atoms with Crippen molar-refractivity contribution in [2.45, 2.75) is 39.2 Å². The topological polar surface area (TPSA) is 84.2 Å². The van der Waals surface area contributed by atoms with Gasteiger partial charge in [0.25, 0.3) is 0 Å². The van der Waals surface area contributed by atoms with Crippen molar-refractivity contribution in [1.29, 1.82) is 0 Å². The number of carbonyl (C=O) groups excluding carboxylic acids is 2. The van der Waals surface area contributed by atoms with Crippen molar-refractivity contribution in [3.8, 4) is 0 Å². The molecule has 1 aromatic heterocycles. The molecule has 0 radical (unpaired) electrons. The Morgan fingerprint density at radius 1 is 1.25 bits per heavy atom. The molecule has 2 aromatic rings. The highest BCUT2D eigenvalue weighted by molar-refractivity contribution is 5.96. The summed E-state index contributed by atoms with van der Waals surface area (Å²) in [6.45, 7) is 5.17. The molecule has 2 amide bonds. The molecule has 24 heavy (non-hydrogen) atoms. The number of nitrogens with zero attached hydrogens (tertiary/aromatic N) is 1. The lowest BCUT2D eigenvalue weighted by Gasteiger charge is -2.16. The summed E-state index contributed by atoms with van der Waals surface area (Å²) in [5.74, 6) is -0.159. The normalized spacial score (nSPS) is 13.2. The number of hydrogen-bond donors (Lipinski definition) is 2. The van der Waals surface area contributed by atoms with Crippen LogP contribution in [-0.4, -0.2) is 23.0 Å². The summed E-state index contributed by atoms with van der Waals surface area (Å²) >= 11 is 0. The summed E-state index contributed by atoms with van der Waals surface area (Å²) < 4.78 is 17.8. The Labute approximate surface area is 139 Å². The van der Waals surface area contributed by atoms with Crippen LogP contribution in [0.1, 0.15) is 37.5 Å². The molecule has 2 N–H and O–H groups in total. The van der Waals surface area contributed by atoms with E-state index in [-0.39, 0.29) is 30.0 Å². The SMILES string of the molecule is Cc1cc(NC(=O)[C@@H](C)NC(=O)CC(C)c2ccc(F)cc2)no1. The molecule has 1 aromatic carbocycles. The molecular weight excluding hydrogens is 313 g/mol. The predicted molar refractivity (Wildman–Crippen MR) is 86.9 cm³/mol. The van der Waals surface area contributed by atoms with Crippen molar-refractivity contribution in [2.24, 2.45) is 0 Å². The van der Waals surface area contributed by atoms with Crippen LogP contribution in [-0.2, 0) is 9.59 Å². The number of hydrogen-bond acceptors (Lipinski definition) is 4. The molecule has 0 saturated carbocycles. The van der Waals surface area contributed by atoms with Gasteiger partial charge < -0.3 is 15.2 Å². The molecule has 0 aliphatic rings. The maximum Gasteiger partial charge on any atom is 0.247 e. The van der Waals surface area contributed by atoms with Crippen molar-refractivity contribution in [2.75, 3.05) is 5.32 Å². The number of benzene rings is 1. The van der Waals surface area contributed by atoms with Gasteiger partial charge in [-0.2, -0.15) is 0 Å². The minimum atomic E-state index is -0.713. The summed E-state index contributed by atoms with van der Waals surface area (Å²) in [6, 6.07) is 6.89. The van der Waals surface area contributed by atoms with Gasteiger partial charge in [0.05, 0.1) is 0 Å². The minimum absolute atomic E-state index is 0.0842. The molecule has 0 saturated heterocycles. The molecular formula is C17H20FN3O3. The number of anilines is 1. The number of halogens is 1. The van der Waals surface area contributed by atoms with Gasteiger partial charge in [-0.15, -0.1) is 0 Å². The molecule has 6 nitrogen and oxygen atoms in total. The van der Waals surface area contributed by atoms with Gasteiger partial charge in [0.2, 0.25) is 11.8 Å². The molecule has 0 aliphatic carbocycles. The van der Waals surface area contributed by atoms with Gasteiger partial charge in [-0.05, 0) is 37.5 Å². The second-order valence-electron chi connectivity index (χ2n) is 5.76. The largest absolute Gasteiger partial charge is 0.360 e. The first-order chi connectivity index (χ1) is 11.3. The molecule has 128 valence electrons. The third kappa shape index (κ3) is 4.91. The van der Waals surface area contributed by atoms with E-state index in [1.165, 1.54) is 12.1 Å². The Hall–Kier alpha value is -2.70. The average Bonchev–Trinajstić information content (AvgIpc) is 2.92. The van der Waals surface area contributed by atoms with Crippen LogP contribution in [0.4, 0.5) is 10.2 Å². The van der Waals surface area contributed by atoms with Crippen molar-refractivity contribution >= 4 is 17.6 Å². The van der Waals surface area contributed by atoms with Crippen molar-refractivity contribution in [3.05, 3.63) is 47.5 Å². The van der Waals surface area contributed by atoms with Gasteiger partial charge >= 0.3 is 0 Å². The van der Waals surface area contributed by atoms with Crippen LogP contribution in [0.5, 0.6) is 0 Å². The van der Waals surface area contributed by atoms with E-state index >= 15 is 0 Å². The predicted octanol–water partition coefficient (Wildman–Crippen LogP) is 2.76. The zero-order chi connectivity index (χ0) is 17.7. The molecule has 1 unspecified atom stereocenters. The monoisotopic (exact) mass is 333 g/mol. The van der Waals surface area contributed by atoms with Crippen LogP contribution < -0.4 is 10.6 Å². The summed E-state index contributed by atoms with van der Waals surface area (Å²) in [6.07, 6.45) is 0.201. The van der Waals surface area contributed by atoms with Crippen molar-refractivity contribution in [1.82, 2.24) is 10.5 Å². The van der Waals surface area contributed by atoms with Gasteiger partial charge in [-0.25, -0.2) is 4.39 Å². The smallest absolute Gasteiger partial charge is 0.247 e. The minimum Gasteiger partial charge on any atom is -0.360 e. The van der Waals surface area contributed by atoms with E-state index in [2.05, 4.69) is 15.8 Å². The van der Waals surface area contributed by atoms with Gasteiger partial charge in [-0.3, -0.25) is 9.59 Å². The molecule has 1 heterocycles. The molecule has 0 aliphatic heterocycles. The fourth-order valence-corrected chi connectivity index (χ4v) is 2.21. The Morgan fingerprint density at radius 3 is 2.50 bits per heavy atom. The van der Waals surface area contributed by atoms with Gasteiger partial charge in [0.1, 0.15) is 17.6 Å². The summed E-state index contributed by atoms with van der Waals surface area (Å²) in [4.78, 5) is 24.1. The number of aryl methyl sites for hydroxylation is 1. The van der Waals surface area contributed by atoms with Crippen LogP contribution in [0.15, 0.2) is 34.9 Å². The molecule has 2 atom stereocenters. The Balaban J connectivity index is 1.84. The van der Waals surface area contributed by atoms with E-state index in [1.54, 1.807) is 32.0 Å². The highest BCUT2D eigenvalue weighted by Gasteiger charge is 2.19. The first-order valence-corrected chi connectivity index (χ1v) is 7.64. The lowest BCUT2D eigenvalue weighted by atomic mass is 9.97. The van der Waals surface area contributed by atoms with E-state index in [4.69, 9.17) is 4.52 Å². The van der Waals surface area contributed by atoms with Crippen LogP contribution in [0.3, 0.4) is 0 Å². The van der Waals surface area contributed by atoms with E-state index in [0.717, 1.165) is 5.56 Å². The van der Waals surface area contributed by atoms with Crippen molar-refractivity contribution in [3.63, 3.8) is 0 Å². The lowest BCUT2D eigenvalue weighted by Crippen LogP contribution is -2.41. The van der Waals surface area contributed by atoms with Crippen LogP contribution in [0, 0.1) is 12.7 Å². The Morgan fingerprint density at radius 2 is 1.92 bits per heavy atom. The fourth-order valence-electron chi connectivity index (χ4n) is 2.21. The third-order valence-electron chi connectivity index (χ3n) is 3.58. The number of nitrogens with one attached hydrogen (secondary N) is 2. The second kappa shape index (κ2) is 7.72. The lowest BCUT2D eigenvalue weighted by molar-refractivity contribution is -0.126. The second-order valence-corrected chi connectivity index (χ2v) is 5.76. The van der Waals surface area contributed by atoms with Gasteiger partial charge in [0, 0.05) is 12.5 Å². The molecule has 2 rings (SSSR count). The molecule has 0 bridgehead atoms. The van der Waals surface area contributed by atoms with E-state index in [0.29, 0.717) is 11.6 Å². The zero-order valence-corrected chi connectivity index (χ0v) is 13.8. The fraction of sp³-hybridized carbons (Fsp3) is 0.353. The number of aromatic nitrogens is 1. The highest BCUT2D eigenvalue weighted by atomic mass is 19.1. The maximum atomic E-state index is 12.9. The average molecular weight is 333 g/mol. The first kappa shape index (κ1) is 17.7. The van der Waals surface area contributed by atoms with Crippen LogP contribution in [0.25, 0.3) is 0 Å². The van der Waals surface area contributed by atoms with E-state index in [1.807, 2.05) is 6.92 Å². The van der Waals surface area contributed by atoms with Crippen LogP contribution in [0.2, 0.25) is 0 Å². The number of rotatable bonds is 6. The summed E-state index contributed by atoms with van der Waals surface area (Å²) in [7, 11) is 0. The Kier molecular flexibility index (Phi) is 5.68. The third-order valence-corrected chi connectivity index (χ3v) is 3.58. The number of carbonyl (C=O) groups is 2. The van der Waals surface area contributed by atoms with E-state index in [9.17, 15) is 14.0 Å². The van der Waals surface area contributed by atoms with E-state index < -0.39 is 6.04 Å². The maximum absolute atomic E-state index is 12.9. The van der Waals surface area contributed by atoms with Crippen molar-refractivity contribution < 1.29 is 18.5 Å². The summed E-state index contributed by atoms with van der Waals surface area (Å²) in [5, 5.41) is 8.86. The Bertz CT molecular complexity index is 712. The van der Waals surface area contributed by atoms with Crippen LogP contribution >= 0.6 is 0 Å². The molecule has 0 spiro atoms. The molecule has 7 heteroatoms. The zero-order valence-electron chi connectivity index (χ0n) is 13.8. The quantitative estimate of drug-likeness (QED) is 0.851. The first-order valence-electron chi connectivity index (χ1n) is 7.64. The van der Waals surface area contributed by atoms with Gasteiger partial charge in [0.15, 0.2) is 5.82 Å². The molecule has 0 fully saturated rings. The summed E-state index contributed by atoms with van der Waals surface area (Å²) in [5.41, 5.74) is 0.863. The highest BCUT2D eigenvalue weighted by Crippen LogP contribution is 2.19. The number of amides is 2.